The number of nitrogens with one attached hydrogen (secondary N) is 1. The molecule has 0 radical (unpaired) electrons. The van der Waals surface area contributed by atoms with Crippen LogP contribution in [0.5, 0.6) is 0 Å². The van der Waals surface area contributed by atoms with Crippen molar-refractivity contribution in [3.8, 4) is 17.5 Å². The van der Waals surface area contributed by atoms with E-state index in [4.69, 9.17) is 0 Å². The van der Waals surface area contributed by atoms with Crippen molar-refractivity contribution in [2.75, 3.05) is 18.4 Å². The number of amides is 1. The molecule has 6 rings (SSSR count). The minimum absolute atomic E-state index is 0.0205. The molecular weight excluding hydrogens is 543 g/mol. The summed E-state index contributed by atoms with van der Waals surface area (Å²) in [5, 5.41) is 2.64. The van der Waals surface area contributed by atoms with Crippen molar-refractivity contribution in [3.63, 3.8) is 0 Å². The molecule has 5 aromatic rings. The number of halogens is 3. The van der Waals surface area contributed by atoms with Gasteiger partial charge in [0.15, 0.2) is 5.65 Å². The van der Waals surface area contributed by atoms with E-state index in [0.29, 0.717) is 23.4 Å². The first-order valence-electron chi connectivity index (χ1n) is 13.4. The lowest BCUT2D eigenvalue weighted by molar-refractivity contribution is -0.137. The Morgan fingerprint density at radius 1 is 1.05 bits per heavy atom. The van der Waals surface area contributed by atoms with Gasteiger partial charge in [0.1, 0.15) is 5.69 Å². The smallest absolute Gasteiger partial charge is 0.322 e. The van der Waals surface area contributed by atoms with Gasteiger partial charge in [0, 0.05) is 47.6 Å². The molecule has 3 aromatic heterocycles. The fourth-order valence-electron chi connectivity index (χ4n) is 4.92. The lowest BCUT2D eigenvalue weighted by Gasteiger charge is -2.14. The number of carbonyl (C=O) groups is 1. The molecule has 1 aliphatic rings. The number of nitrogens with zero attached hydrogens (tertiary/aromatic N) is 6. The molecule has 42 heavy (non-hydrogen) atoms. The molecule has 1 fully saturated rings. The zero-order chi connectivity index (χ0) is 29.3. The van der Waals surface area contributed by atoms with E-state index >= 15 is 0 Å². The summed E-state index contributed by atoms with van der Waals surface area (Å²) in [6, 6.07) is 8.47. The quantitative estimate of drug-likeness (QED) is 0.283. The summed E-state index contributed by atoms with van der Waals surface area (Å²) < 4.78 is 44.8. The molecule has 0 unspecified atom stereocenters. The molecule has 0 saturated carbocycles. The number of aromatic nitrogens is 5. The summed E-state index contributed by atoms with van der Waals surface area (Å²) in [7, 11) is 0. The van der Waals surface area contributed by atoms with Crippen LogP contribution in [0.3, 0.4) is 0 Å². The van der Waals surface area contributed by atoms with Crippen LogP contribution >= 0.6 is 0 Å². The first-order chi connectivity index (χ1) is 20.2. The van der Waals surface area contributed by atoms with Crippen molar-refractivity contribution in [2.45, 2.75) is 32.5 Å². The Labute approximate surface area is 239 Å². The number of rotatable bonds is 5. The molecule has 0 spiro atoms. The monoisotopic (exact) mass is 569 g/mol. The van der Waals surface area contributed by atoms with Gasteiger partial charge >= 0.3 is 6.18 Å². The van der Waals surface area contributed by atoms with Gasteiger partial charge in [0.2, 0.25) is 0 Å². The first-order valence-corrected chi connectivity index (χ1v) is 13.4. The first kappa shape index (κ1) is 27.2. The molecule has 0 atom stereocenters. The van der Waals surface area contributed by atoms with Crippen LogP contribution in [-0.4, -0.2) is 47.8 Å². The van der Waals surface area contributed by atoms with Crippen molar-refractivity contribution in [2.24, 2.45) is 0 Å². The second-order valence-corrected chi connectivity index (χ2v) is 10.2. The van der Waals surface area contributed by atoms with Crippen LogP contribution in [0.1, 0.15) is 51.3 Å². The summed E-state index contributed by atoms with van der Waals surface area (Å²) >= 11 is 0. The minimum atomic E-state index is -4.60. The van der Waals surface area contributed by atoms with E-state index in [0.717, 1.165) is 49.3 Å². The number of anilines is 1. The van der Waals surface area contributed by atoms with Crippen LogP contribution < -0.4 is 5.32 Å². The van der Waals surface area contributed by atoms with Crippen LogP contribution in [0, 0.1) is 18.8 Å². The Kier molecular flexibility index (Phi) is 7.22. The zero-order valence-electron chi connectivity index (χ0n) is 22.7. The molecule has 11 heteroatoms. The second kappa shape index (κ2) is 11.1. The van der Waals surface area contributed by atoms with Gasteiger partial charge in [-0.2, -0.15) is 13.2 Å². The SMILES string of the molecule is Cc1ccc(C(=O)Nc2cc(-n3cnc(CN4CCCC4)c3)cc(C(F)(F)F)c2)cc1C#Cc1cnc2cnccn12. The number of hydrogen-bond donors (Lipinski definition) is 1. The van der Waals surface area contributed by atoms with Crippen LogP contribution in [0.4, 0.5) is 18.9 Å². The number of aryl methyl sites for hydroxylation is 1. The largest absolute Gasteiger partial charge is 0.416 e. The van der Waals surface area contributed by atoms with Gasteiger partial charge in [-0.1, -0.05) is 12.0 Å². The second-order valence-electron chi connectivity index (χ2n) is 10.2. The van der Waals surface area contributed by atoms with Crippen molar-refractivity contribution < 1.29 is 18.0 Å². The maximum absolute atomic E-state index is 13.8. The van der Waals surface area contributed by atoms with E-state index in [9.17, 15) is 18.0 Å². The predicted molar refractivity (Wildman–Crippen MR) is 151 cm³/mol. The summed E-state index contributed by atoms with van der Waals surface area (Å²) in [5.41, 5.74) is 3.21. The molecule has 1 N–H and O–H groups in total. The molecule has 8 nitrogen and oxygen atoms in total. The van der Waals surface area contributed by atoms with E-state index in [1.807, 2.05) is 6.92 Å². The van der Waals surface area contributed by atoms with Gasteiger partial charge in [0.25, 0.3) is 5.91 Å². The molecule has 0 aliphatic carbocycles. The van der Waals surface area contributed by atoms with E-state index in [-0.39, 0.29) is 16.9 Å². The minimum Gasteiger partial charge on any atom is -0.322 e. The van der Waals surface area contributed by atoms with E-state index in [2.05, 4.69) is 37.0 Å². The lowest BCUT2D eigenvalue weighted by Crippen LogP contribution is -2.18. The van der Waals surface area contributed by atoms with Gasteiger partial charge in [0.05, 0.1) is 30.0 Å². The van der Waals surface area contributed by atoms with Crippen molar-refractivity contribution in [3.05, 3.63) is 107 Å². The highest BCUT2D eigenvalue weighted by Gasteiger charge is 2.31. The number of benzene rings is 2. The third-order valence-corrected chi connectivity index (χ3v) is 7.16. The standard InChI is InChI=1S/C31H26F3N7O/c1-21-4-5-23(12-22(21)6-7-27-16-36-29-17-35-8-11-41(27)29)30(42)38-25-13-24(31(32,33)34)14-28(15-25)40-19-26(37-20-40)18-39-9-2-3-10-39/h4-5,8,11-17,19-20H,2-3,9-10,18H2,1H3,(H,38,42). The predicted octanol–water partition coefficient (Wildman–Crippen LogP) is 5.49. The van der Waals surface area contributed by atoms with E-state index in [1.165, 1.54) is 12.4 Å². The number of fused-ring (bicyclic) bond motifs is 1. The van der Waals surface area contributed by atoms with Crippen LogP contribution in [-0.2, 0) is 12.7 Å². The lowest BCUT2D eigenvalue weighted by atomic mass is 10.0. The maximum atomic E-state index is 13.8. The average Bonchev–Trinajstić information content (AvgIpc) is 3.74. The van der Waals surface area contributed by atoms with Crippen LogP contribution in [0.2, 0.25) is 0 Å². The van der Waals surface area contributed by atoms with Gasteiger partial charge in [-0.05, 0) is 74.7 Å². The summed E-state index contributed by atoms with van der Waals surface area (Å²) in [4.78, 5) is 28.2. The summed E-state index contributed by atoms with van der Waals surface area (Å²) in [6.07, 6.45) is 7.54. The van der Waals surface area contributed by atoms with Crippen LogP contribution in [0.25, 0.3) is 11.3 Å². The van der Waals surface area contributed by atoms with Gasteiger partial charge in [-0.15, -0.1) is 0 Å². The molecule has 1 amide bonds. The molecule has 1 aliphatic heterocycles. The highest BCUT2D eigenvalue weighted by atomic mass is 19.4. The third kappa shape index (κ3) is 5.89. The van der Waals surface area contributed by atoms with Gasteiger partial charge in [-0.3, -0.25) is 19.1 Å². The molecule has 4 heterocycles. The van der Waals surface area contributed by atoms with Crippen molar-refractivity contribution >= 4 is 17.2 Å². The normalized spacial score (nSPS) is 13.7. The zero-order valence-corrected chi connectivity index (χ0v) is 22.7. The Morgan fingerprint density at radius 2 is 1.88 bits per heavy atom. The molecule has 2 aromatic carbocycles. The number of imidazole rings is 2. The fraction of sp³-hybridized carbons (Fsp3) is 0.226. The van der Waals surface area contributed by atoms with Gasteiger partial charge in [-0.25, -0.2) is 9.97 Å². The summed E-state index contributed by atoms with van der Waals surface area (Å²) in [6.45, 7) is 4.48. The number of likely N-dealkylation sites (tertiary alicyclic amines) is 1. The Hall–Kier alpha value is -4.95. The Bertz CT molecular complexity index is 1840. The van der Waals surface area contributed by atoms with E-state index in [1.54, 1.807) is 58.2 Å². The summed E-state index contributed by atoms with van der Waals surface area (Å²) in [5.74, 6) is 5.60. The number of hydrogen-bond acceptors (Lipinski definition) is 5. The number of carbonyl (C=O) groups excluding carboxylic acids is 1. The van der Waals surface area contributed by atoms with Crippen molar-refractivity contribution in [1.29, 1.82) is 0 Å². The third-order valence-electron chi connectivity index (χ3n) is 7.16. The van der Waals surface area contributed by atoms with E-state index < -0.39 is 17.6 Å². The fourth-order valence-corrected chi connectivity index (χ4v) is 4.92. The van der Waals surface area contributed by atoms with Gasteiger partial charge < -0.3 is 9.88 Å². The molecule has 212 valence electrons. The van der Waals surface area contributed by atoms with Crippen molar-refractivity contribution in [1.82, 2.24) is 28.8 Å². The highest BCUT2D eigenvalue weighted by Crippen LogP contribution is 2.33. The maximum Gasteiger partial charge on any atom is 0.416 e. The molecular formula is C31H26F3N7O. The molecule has 0 bridgehead atoms. The Morgan fingerprint density at radius 3 is 2.69 bits per heavy atom. The molecule has 1 saturated heterocycles. The number of alkyl halides is 3. The average molecular weight is 570 g/mol. The topological polar surface area (TPSA) is 80.3 Å². The van der Waals surface area contributed by atoms with Crippen LogP contribution in [0.15, 0.2) is 73.7 Å². The Balaban J connectivity index is 1.26. The highest BCUT2D eigenvalue weighted by molar-refractivity contribution is 6.04.